The molecule has 2 aliphatic heterocycles. The summed E-state index contributed by atoms with van der Waals surface area (Å²) in [7, 11) is 0. The average Bonchev–Trinajstić information content (AvgIpc) is 3.84. The number of hydrogen-bond donors (Lipinski definition) is 2. The first-order valence-corrected chi connectivity index (χ1v) is 22.6. The van der Waals surface area contributed by atoms with Crippen molar-refractivity contribution >= 4 is 58.0 Å². The largest absolute Gasteiger partial charge is 0.324 e. The molecular weight excluding hydrogens is 840 g/mol. The van der Waals surface area contributed by atoms with E-state index in [0.717, 1.165) is 40.7 Å². The van der Waals surface area contributed by atoms with E-state index in [9.17, 15) is 14.4 Å². The van der Waals surface area contributed by atoms with Crippen molar-refractivity contribution in [3.8, 4) is 0 Å². The predicted octanol–water partition coefficient (Wildman–Crippen LogP) is 11.5. The number of nitrogens with one attached hydrogen (secondary N) is 2. The quantitative estimate of drug-likeness (QED) is 0.112. The second-order valence-corrected chi connectivity index (χ2v) is 18.5. The molecule has 2 fully saturated rings. The maximum atomic E-state index is 15.1. The van der Waals surface area contributed by atoms with Crippen LogP contribution in [0.3, 0.4) is 0 Å². The molecule has 3 atom stereocenters. The van der Waals surface area contributed by atoms with Gasteiger partial charge in [0.2, 0.25) is 11.8 Å². The second kappa shape index (κ2) is 18.7. The number of halogens is 2. The third-order valence-corrected chi connectivity index (χ3v) is 13.7. The SMILES string of the molecule is Cc1ccc(CN2CCC(c3cc(C)cc(CN4CCC[C@]4(C)C(=O)Nc4ccc(Cl)cc4C(=O)c4ccccc4)c3)[C@]2(C)C(=O)Nc2ccc(Cl)cc2C(=O)c2ccccc2)cc1. The molecule has 2 heterocycles. The summed E-state index contributed by atoms with van der Waals surface area (Å²) in [6.07, 6.45) is 2.19. The first kappa shape index (κ1) is 44.7. The van der Waals surface area contributed by atoms with Gasteiger partial charge in [-0.05, 0) is 107 Å². The Labute approximate surface area is 385 Å². The topological polar surface area (TPSA) is 98.8 Å². The fourth-order valence-corrected chi connectivity index (χ4v) is 9.87. The van der Waals surface area contributed by atoms with Crippen LogP contribution in [0, 0.1) is 13.8 Å². The maximum Gasteiger partial charge on any atom is 0.245 e. The number of nitrogens with zero attached hydrogens (tertiary/aromatic N) is 2. The van der Waals surface area contributed by atoms with Gasteiger partial charge in [-0.25, -0.2) is 0 Å². The third kappa shape index (κ3) is 9.19. The normalized spacial score (nSPS) is 19.9. The van der Waals surface area contributed by atoms with Crippen LogP contribution in [0.5, 0.6) is 0 Å². The molecule has 2 amide bonds. The smallest absolute Gasteiger partial charge is 0.245 e. The Morgan fingerprint density at radius 1 is 0.594 bits per heavy atom. The van der Waals surface area contributed by atoms with E-state index in [1.165, 1.54) is 0 Å². The Balaban J connectivity index is 1.08. The van der Waals surface area contributed by atoms with E-state index in [1.54, 1.807) is 72.8 Å². The molecule has 1 unspecified atom stereocenters. The van der Waals surface area contributed by atoms with Crippen LogP contribution in [0.15, 0.2) is 140 Å². The number of amides is 2. The fourth-order valence-electron chi connectivity index (χ4n) is 9.53. The lowest BCUT2D eigenvalue weighted by atomic mass is 9.79. The highest BCUT2D eigenvalue weighted by Gasteiger charge is 2.51. The van der Waals surface area contributed by atoms with Crippen LogP contribution in [0.4, 0.5) is 11.4 Å². The van der Waals surface area contributed by atoms with Crippen LogP contribution in [-0.4, -0.2) is 57.3 Å². The van der Waals surface area contributed by atoms with Gasteiger partial charge in [0.25, 0.3) is 0 Å². The van der Waals surface area contributed by atoms with E-state index in [4.69, 9.17) is 23.2 Å². The molecule has 0 aromatic heterocycles. The minimum atomic E-state index is -1.03. The second-order valence-electron chi connectivity index (χ2n) is 17.6. The maximum absolute atomic E-state index is 15.1. The number of carbonyl (C=O) groups is 4. The summed E-state index contributed by atoms with van der Waals surface area (Å²) in [4.78, 5) is 61.4. The van der Waals surface area contributed by atoms with Gasteiger partial charge in [0.1, 0.15) is 5.54 Å². The van der Waals surface area contributed by atoms with Gasteiger partial charge in [-0.15, -0.1) is 0 Å². The van der Waals surface area contributed by atoms with E-state index < -0.39 is 11.1 Å². The molecular formula is C54H52Cl2N4O4. The molecule has 2 aliphatic rings. The number of ketones is 2. The van der Waals surface area contributed by atoms with Gasteiger partial charge in [0.05, 0.1) is 16.9 Å². The zero-order valence-electron chi connectivity index (χ0n) is 36.6. The number of carbonyl (C=O) groups excluding carboxylic acids is 4. The van der Waals surface area contributed by atoms with Crippen LogP contribution < -0.4 is 10.6 Å². The Hall–Kier alpha value is -5.90. The fraction of sp³-hybridized carbons (Fsp3) is 0.259. The van der Waals surface area contributed by atoms with Gasteiger partial charge >= 0.3 is 0 Å². The van der Waals surface area contributed by atoms with Crippen LogP contribution in [0.1, 0.15) is 98.7 Å². The zero-order valence-corrected chi connectivity index (χ0v) is 38.1. The zero-order chi connectivity index (χ0) is 45.2. The number of benzene rings is 6. The summed E-state index contributed by atoms with van der Waals surface area (Å²) in [5, 5.41) is 7.12. The molecule has 326 valence electrons. The molecule has 8 rings (SSSR count). The van der Waals surface area contributed by atoms with Gasteiger partial charge in [-0.1, -0.05) is 137 Å². The summed E-state index contributed by atoms with van der Waals surface area (Å²) >= 11 is 12.8. The lowest BCUT2D eigenvalue weighted by molar-refractivity contribution is -0.127. The Bertz CT molecular complexity index is 2730. The number of anilines is 2. The van der Waals surface area contributed by atoms with E-state index in [2.05, 4.69) is 76.7 Å². The molecule has 0 radical (unpaired) electrons. The van der Waals surface area contributed by atoms with Crippen LogP contribution >= 0.6 is 23.2 Å². The molecule has 6 aromatic carbocycles. The Morgan fingerprint density at radius 2 is 1.14 bits per heavy atom. The first-order chi connectivity index (χ1) is 30.7. The Kier molecular flexibility index (Phi) is 13.0. The number of likely N-dealkylation sites (tertiary alicyclic amines) is 2. The lowest BCUT2D eigenvalue weighted by Crippen LogP contribution is -2.53. The molecule has 0 aliphatic carbocycles. The lowest BCUT2D eigenvalue weighted by Gasteiger charge is -2.39. The van der Waals surface area contributed by atoms with Crippen LogP contribution in [0.2, 0.25) is 10.0 Å². The molecule has 8 nitrogen and oxygen atoms in total. The Morgan fingerprint density at radius 3 is 1.72 bits per heavy atom. The highest BCUT2D eigenvalue weighted by Crippen LogP contribution is 2.45. The van der Waals surface area contributed by atoms with E-state index in [0.29, 0.717) is 76.3 Å². The summed E-state index contributed by atoms with van der Waals surface area (Å²) in [5.41, 5.74) is 5.96. The summed E-state index contributed by atoms with van der Waals surface area (Å²) in [5.74, 6) is -1.08. The van der Waals surface area contributed by atoms with Crippen molar-refractivity contribution in [2.24, 2.45) is 0 Å². The number of rotatable bonds is 13. The summed E-state index contributed by atoms with van der Waals surface area (Å²) in [6.45, 7) is 10.6. The minimum Gasteiger partial charge on any atom is -0.324 e. The van der Waals surface area contributed by atoms with E-state index in [1.807, 2.05) is 38.1 Å². The van der Waals surface area contributed by atoms with Crippen molar-refractivity contribution in [3.05, 3.63) is 200 Å². The number of aryl methyl sites for hydroxylation is 2. The molecule has 6 aromatic rings. The average molecular weight is 892 g/mol. The first-order valence-electron chi connectivity index (χ1n) is 21.8. The molecule has 0 saturated carbocycles. The monoisotopic (exact) mass is 890 g/mol. The van der Waals surface area contributed by atoms with Gasteiger partial charge in [-0.3, -0.25) is 29.0 Å². The van der Waals surface area contributed by atoms with Crippen LogP contribution in [-0.2, 0) is 22.7 Å². The van der Waals surface area contributed by atoms with Crippen molar-refractivity contribution in [3.63, 3.8) is 0 Å². The van der Waals surface area contributed by atoms with Crippen molar-refractivity contribution in [1.82, 2.24) is 9.80 Å². The predicted molar refractivity (Wildman–Crippen MR) is 256 cm³/mol. The molecule has 0 bridgehead atoms. The molecule has 64 heavy (non-hydrogen) atoms. The van der Waals surface area contributed by atoms with E-state index in [-0.39, 0.29) is 29.3 Å². The van der Waals surface area contributed by atoms with Crippen molar-refractivity contribution < 1.29 is 19.2 Å². The van der Waals surface area contributed by atoms with E-state index >= 15 is 4.79 Å². The summed E-state index contributed by atoms with van der Waals surface area (Å²) < 4.78 is 0. The minimum absolute atomic E-state index is 0.193. The highest BCUT2D eigenvalue weighted by atomic mass is 35.5. The molecule has 0 spiro atoms. The van der Waals surface area contributed by atoms with Crippen LogP contribution in [0.25, 0.3) is 0 Å². The van der Waals surface area contributed by atoms with Crippen molar-refractivity contribution in [1.29, 1.82) is 0 Å². The molecule has 10 heteroatoms. The van der Waals surface area contributed by atoms with Crippen molar-refractivity contribution in [2.75, 3.05) is 23.7 Å². The molecule has 2 N–H and O–H groups in total. The number of hydrogen-bond acceptors (Lipinski definition) is 6. The van der Waals surface area contributed by atoms with Gasteiger partial charge in [0, 0.05) is 57.9 Å². The van der Waals surface area contributed by atoms with Gasteiger partial charge < -0.3 is 10.6 Å². The highest BCUT2D eigenvalue weighted by molar-refractivity contribution is 6.32. The standard InChI is InChI=1S/C54H52Cl2N4O4/c1-35-16-18-37(19-17-35)33-60-27-24-46(54(60,4)52(64)58-48-23-21-43(56)32-45(48)50(62)40-14-9-6-10-15-40)41-29-36(2)28-38(30-41)34-59-26-11-25-53(59,3)51(63)57-47-22-20-42(55)31-44(47)49(61)39-12-7-5-8-13-39/h5-10,12-23,28-32,46H,11,24-27,33-34H2,1-4H3,(H,57,63)(H,58,64)/t46?,53-,54-/m1/s1. The van der Waals surface area contributed by atoms with Crippen molar-refractivity contribution in [2.45, 2.75) is 77.0 Å². The summed E-state index contributed by atoms with van der Waals surface area (Å²) in [6, 6.07) is 42.8. The molecule has 2 saturated heterocycles. The van der Waals surface area contributed by atoms with Gasteiger partial charge in [-0.2, -0.15) is 0 Å². The third-order valence-electron chi connectivity index (χ3n) is 13.2. The van der Waals surface area contributed by atoms with Gasteiger partial charge in [0.15, 0.2) is 11.6 Å².